The molecule has 0 heterocycles. The van der Waals surface area contributed by atoms with Crippen molar-refractivity contribution in [1.29, 1.82) is 0 Å². The zero-order valence-corrected chi connectivity index (χ0v) is 7.25. The van der Waals surface area contributed by atoms with Crippen LogP contribution in [0.2, 0.25) is 0 Å². The summed E-state index contributed by atoms with van der Waals surface area (Å²) >= 11 is 0. The first-order chi connectivity index (χ1) is 5.66. The van der Waals surface area contributed by atoms with E-state index in [0.717, 1.165) is 16.8 Å². The van der Waals surface area contributed by atoms with E-state index in [4.69, 9.17) is 11.5 Å². The van der Waals surface area contributed by atoms with E-state index in [0.29, 0.717) is 0 Å². The number of aryl methyl sites for hydroxylation is 1. The van der Waals surface area contributed by atoms with Gasteiger partial charge in [-0.15, -0.1) is 6.58 Å². The lowest BCUT2D eigenvalue weighted by molar-refractivity contribution is 0.906. The van der Waals surface area contributed by atoms with E-state index in [9.17, 15) is 0 Å². The first kappa shape index (κ1) is 8.81. The third-order valence-corrected chi connectivity index (χ3v) is 1.95. The summed E-state index contributed by atoms with van der Waals surface area (Å²) in [5.74, 6) is 0. The van der Waals surface area contributed by atoms with Crippen LogP contribution in [-0.2, 0) is 0 Å². The predicted octanol–water partition coefficient (Wildman–Crippen LogP) is 1.76. The molecule has 0 aliphatic carbocycles. The van der Waals surface area contributed by atoms with Crippen molar-refractivity contribution >= 4 is 5.69 Å². The highest BCUT2D eigenvalue weighted by Gasteiger charge is 2.07. The molecule has 1 aromatic rings. The molecule has 1 atom stereocenters. The summed E-state index contributed by atoms with van der Waals surface area (Å²) in [6.07, 6.45) is 1.69. The molecule has 0 saturated heterocycles. The van der Waals surface area contributed by atoms with Crippen molar-refractivity contribution in [3.8, 4) is 0 Å². The Morgan fingerprint density at radius 1 is 1.50 bits per heavy atom. The molecular weight excluding hydrogens is 148 g/mol. The molecule has 0 fully saturated rings. The highest BCUT2D eigenvalue weighted by molar-refractivity contribution is 5.53. The minimum Gasteiger partial charge on any atom is -0.398 e. The molecule has 0 unspecified atom stereocenters. The van der Waals surface area contributed by atoms with Gasteiger partial charge in [-0.05, 0) is 24.1 Å². The summed E-state index contributed by atoms with van der Waals surface area (Å²) in [6.45, 7) is 5.63. The van der Waals surface area contributed by atoms with E-state index >= 15 is 0 Å². The van der Waals surface area contributed by atoms with Crippen LogP contribution in [0.25, 0.3) is 0 Å². The van der Waals surface area contributed by atoms with Gasteiger partial charge in [0.1, 0.15) is 0 Å². The molecule has 0 amide bonds. The van der Waals surface area contributed by atoms with Crippen molar-refractivity contribution in [2.24, 2.45) is 5.73 Å². The molecule has 2 nitrogen and oxygen atoms in total. The summed E-state index contributed by atoms with van der Waals surface area (Å²) in [5.41, 5.74) is 14.4. The Morgan fingerprint density at radius 2 is 2.17 bits per heavy atom. The summed E-state index contributed by atoms with van der Waals surface area (Å²) in [7, 11) is 0. The Labute approximate surface area is 72.9 Å². The second-order valence-electron chi connectivity index (χ2n) is 2.84. The third kappa shape index (κ3) is 1.48. The molecule has 4 N–H and O–H groups in total. The molecule has 0 aliphatic heterocycles. The molecule has 0 aliphatic rings. The maximum Gasteiger partial charge on any atom is 0.0501 e. The zero-order valence-electron chi connectivity index (χ0n) is 7.25. The lowest BCUT2D eigenvalue weighted by Gasteiger charge is -2.12. The van der Waals surface area contributed by atoms with Gasteiger partial charge in [-0.25, -0.2) is 0 Å². The molecule has 1 aromatic carbocycles. The van der Waals surface area contributed by atoms with Gasteiger partial charge in [0.05, 0.1) is 6.04 Å². The summed E-state index contributed by atoms with van der Waals surface area (Å²) in [4.78, 5) is 0. The largest absolute Gasteiger partial charge is 0.398 e. The Hall–Kier alpha value is -1.28. The number of rotatable bonds is 2. The van der Waals surface area contributed by atoms with Gasteiger partial charge in [0, 0.05) is 5.69 Å². The quantitative estimate of drug-likeness (QED) is 0.514. The first-order valence-electron chi connectivity index (χ1n) is 3.90. The number of nitrogens with two attached hydrogens (primary N) is 2. The van der Waals surface area contributed by atoms with Crippen LogP contribution in [0, 0.1) is 6.92 Å². The average Bonchev–Trinajstić information content (AvgIpc) is 2.03. The van der Waals surface area contributed by atoms with E-state index in [-0.39, 0.29) is 6.04 Å². The van der Waals surface area contributed by atoms with Crippen LogP contribution in [-0.4, -0.2) is 0 Å². The molecule has 0 saturated carbocycles. The molecule has 12 heavy (non-hydrogen) atoms. The van der Waals surface area contributed by atoms with Gasteiger partial charge in [0.2, 0.25) is 0 Å². The molecule has 0 aromatic heterocycles. The van der Waals surface area contributed by atoms with Gasteiger partial charge in [-0.3, -0.25) is 0 Å². The van der Waals surface area contributed by atoms with E-state index in [1.165, 1.54) is 0 Å². The van der Waals surface area contributed by atoms with Crippen LogP contribution < -0.4 is 11.5 Å². The standard InChI is InChI=1S/C10H14N2/c1-3-8(11)10-7(2)5-4-6-9(10)12/h3-6,8H,1,11-12H2,2H3/t8-/m0/s1. The third-order valence-electron chi connectivity index (χ3n) is 1.95. The molecule has 0 bridgehead atoms. The predicted molar refractivity (Wildman–Crippen MR) is 52.7 cm³/mol. The summed E-state index contributed by atoms with van der Waals surface area (Å²) in [5, 5.41) is 0. The Balaban J connectivity index is 3.20. The van der Waals surface area contributed by atoms with Crippen molar-refractivity contribution in [3.63, 3.8) is 0 Å². The average molecular weight is 162 g/mol. The van der Waals surface area contributed by atoms with E-state index in [2.05, 4.69) is 6.58 Å². The Bertz CT molecular complexity index is 272. The number of benzene rings is 1. The summed E-state index contributed by atoms with van der Waals surface area (Å²) < 4.78 is 0. The van der Waals surface area contributed by atoms with Gasteiger partial charge in [0.15, 0.2) is 0 Å². The fourth-order valence-corrected chi connectivity index (χ4v) is 1.28. The molecule has 0 radical (unpaired) electrons. The van der Waals surface area contributed by atoms with E-state index < -0.39 is 0 Å². The van der Waals surface area contributed by atoms with E-state index in [1.54, 1.807) is 6.08 Å². The Kier molecular flexibility index (Phi) is 2.51. The van der Waals surface area contributed by atoms with Gasteiger partial charge in [-0.2, -0.15) is 0 Å². The smallest absolute Gasteiger partial charge is 0.0501 e. The Morgan fingerprint density at radius 3 is 2.67 bits per heavy atom. The van der Waals surface area contributed by atoms with E-state index in [1.807, 2.05) is 25.1 Å². The molecular formula is C10H14N2. The van der Waals surface area contributed by atoms with Crippen molar-refractivity contribution in [2.75, 3.05) is 5.73 Å². The highest BCUT2D eigenvalue weighted by Crippen LogP contribution is 2.22. The van der Waals surface area contributed by atoms with Crippen LogP contribution in [0.5, 0.6) is 0 Å². The number of hydrogen-bond acceptors (Lipinski definition) is 2. The number of nitrogen functional groups attached to an aromatic ring is 1. The minimum atomic E-state index is -0.161. The fraction of sp³-hybridized carbons (Fsp3) is 0.200. The fourth-order valence-electron chi connectivity index (χ4n) is 1.28. The van der Waals surface area contributed by atoms with Crippen LogP contribution in [0.15, 0.2) is 30.9 Å². The second kappa shape index (κ2) is 3.41. The van der Waals surface area contributed by atoms with Gasteiger partial charge in [0.25, 0.3) is 0 Å². The molecule has 0 spiro atoms. The monoisotopic (exact) mass is 162 g/mol. The number of anilines is 1. The highest BCUT2D eigenvalue weighted by atomic mass is 14.7. The van der Waals surface area contributed by atoms with Crippen LogP contribution in [0.3, 0.4) is 0 Å². The maximum absolute atomic E-state index is 5.80. The van der Waals surface area contributed by atoms with Crippen LogP contribution >= 0.6 is 0 Å². The van der Waals surface area contributed by atoms with Crippen molar-refractivity contribution in [2.45, 2.75) is 13.0 Å². The SMILES string of the molecule is C=C[C@H](N)c1c(C)cccc1N. The maximum atomic E-state index is 5.80. The van der Waals surface area contributed by atoms with Gasteiger partial charge >= 0.3 is 0 Å². The molecule has 2 heteroatoms. The molecule has 64 valence electrons. The van der Waals surface area contributed by atoms with Crippen molar-refractivity contribution in [3.05, 3.63) is 42.0 Å². The minimum absolute atomic E-state index is 0.161. The second-order valence-corrected chi connectivity index (χ2v) is 2.84. The van der Waals surface area contributed by atoms with Gasteiger partial charge in [-0.1, -0.05) is 18.2 Å². The number of hydrogen-bond donors (Lipinski definition) is 2. The topological polar surface area (TPSA) is 52.0 Å². The van der Waals surface area contributed by atoms with Crippen molar-refractivity contribution in [1.82, 2.24) is 0 Å². The van der Waals surface area contributed by atoms with Gasteiger partial charge < -0.3 is 11.5 Å². The molecule has 1 rings (SSSR count). The van der Waals surface area contributed by atoms with Crippen molar-refractivity contribution < 1.29 is 0 Å². The first-order valence-corrected chi connectivity index (χ1v) is 3.90. The van der Waals surface area contributed by atoms with Crippen LogP contribution in [0.4, 0.5) is 5.69 Å². The lowest BCUT2D eigenvalue weighted by atomic mass is 10.00. The zero-order chi connectivity index (χ0) is 9.14. The van der Waals surface area contributed by atoms with Crippen LogP contribution in [0.1, 0.15) is 17.2 Å². The normalized spacial score (nSPS) is 12.5. The lowest BCUT2D eigenvalue weighted by Crippen LogP contribution is -2.10. The summed E-state index contributed by atoms with van der Waals surface area (Å²) in [6, 6.07) is 5.61.